The van der Waals surface area contributed by atoms with E-state index in [9.17, 15) is 0 Å². The van der Waals surface area contributed by atoms with Crippen LogP contribution < -0.4 is 5.32 Å². The smallest absolute Gasteiger partial charge is 0.00768 e. The van der Waals surface area contributed by atoms with E-state index >= 15 is 0 Å². The second-order valence-electron chi connectivity index (χ2n) is 4.44. The maximum atomic E-state index is 3.54. The minimum atomic E-state index is 0.627. The highest BCUT2D eigenvalue weighted by Crippen LogP contribution is 2.27. The molecule has 0 saturated carbocycles. The summed E-state index contributed by atoms with van der Waals surface area (Å²) < 4.78 is 0. The van der Waals surface area contributed by atoms with Crippen LogP contribution in [0.2, 0.25) is 0 Å². The van der Waals surface area contributed by atoms with Crippen molar-refractivity contribution in [3.8, 4) is 0 Å². The van der Waals surface area contributed by atoms with Crippen LogP contribution in [0.25, 0.3) is 0 Å². The third-order valence-electron chi connectivity index (χ3n) is 2.70. The molecular weight excluding hydrogens is 202 g/mol. The number of hydrogen-bond acceptors (Lipinski definition) is 2. The van der Waals surface area contributed by atoms with Crippen LogP contribution in [0.4, 0.5) is 0 Å². The van der Waals surface area contributed by atoms with Crippen molar-refractivity contribution in [1.82, 2.24) is 5.32 Å². The van der Waals surface area contributed by atoms with E-state index in [4.69, 9.17) is 0 Å². The van der Waals surface area contributed by atoms with Gasteiger partial charge in [0.1, 0.15) is 0 Å². The highest BCUT2D eigenvalue weighted by Gasteiger charge is 2.11. The summed E-state index contributed by atoms with van der Waals surface area (Å²) in [5.74, 6) is 0.683. The van der Waals surface area contributed by atoms with E-state index in [1.54, 1.807) is 0 Å². The van der Waals surface area contributed by atoms with Gasteiger partial charge in [0, 0.05) is 15.8 Å². The van der Waals surface area contributed by atoms with Crippen LogP contribution in [0.5, 0.6) is 0 Å². The van der Waals surface area contributed by atoms with Gasteiger partial charge < -0.3 is 5.32 Å². The molecule has 2 atom stereocenters. The fraction of sp³-hybridized carbons (Fsp3) is 0.692. The van der Waals surface area contributed by atoms with Gasteiger partial charge in [-0.2, -0.15) is 0 Å². The molecule has 0 bridgehead atoms. The van der Waals surface area contributed by atoms with Crippen molar-refractivity contribution in [1.29, 1.82) is 0 Å². The van der Waals surface area contributed by atoms with Crippen LogP contribution in [0.15, 0.2) is 12.1 Å². The summed E-state index contributed by atoms with van der Waals surface area (Å²) in [7, 11) is 0. The molecule has 1 rings (SSSR count). The first-order chi connectivity index (χ1) is 7.13. The predicted molar refractivity (Wildman–Crippen MR) is 69.8 cm³/mol. The Morgan fingerprint density at radius 3 is 2.60 bits per heavy atom. The van der Waals surface area contributed by atoms with Crippen LogP contribution in [0.1, 0.15) is 49.3 Å². The van der Waals surface area contributed by atoms with Gasteiger partial charge in [0.2, 0.25) is 0 Å². The summed E-state index contributed by atoms with van der Waals surface area (Å²) in [6, 6.07) is 5.13. The second kappa shape index (κ2) is 6.29. The number of thiophene rings is 1. The molecule has 86 valence electrons. The quantitative estimate of drug-likeness (QED) is 0.773. The molecule has 0 radical (unpaired) electrons. The molecule has 1 aromatic rings. The summed E-state index contributed by atoms with van der Waals surface area (Å²) in [5, 5.41) is 3.54. The average Bonchev–Trinajstić information content (AvgIpc) is 2.61. The highest BCUT2D eigenvalue weighted by molar-refractivity contribution is 7.12. The summed E-state index contributed by atoms with van der Waals surface area (Å²) in [4.78, 5) is 2.95. The van der Waals surface area contributed by atoms with Crippen molar-refractivity contribution >= 4 is 11.3 Å². The third kappa shape index (κ3) is 4.35. The van der Waals surface area contributed by atoms with Gasteiger partial charge in [-0.1, -0.05) is 13.8 Å². The maximum absolute atomic E-state index is 3.54. The standard InChI is InChI=1S/C13H23NS/c1-5-8-14-11(3)9-10(2)13-7-6-12(4)15-13/h6-7,10-11,14H,5,8-9H2,1-4H3. The molecule has 0 amide bonds. The first-order valence-corrected chi connectivity index (χ1v) is 6.74. The van der Waals surface area contributed by atoms with Gasteiger partial charge >= 0.3 is 0 Å². The zero-order valence-corrected chi connectivity index (χ0v) is 11.2. The first-order valence-electron chi connectivity index (χ1n) is 5.93. The zero-order valence-electron chi connectivity index (χ0n) is 10.3. The van der Waals surface area contributed by atoms with Crippen LogP contribution in [-0.2, 0) is 0 Å². The molecule has 1 aromatic heterocycles. The van der Waals surface area contributed by atoms with Crippen molar-refractivity contribution in [2.24, 2.45) is 0 Å². The molecular formula is C13H23NS. The molecule has 2 unspecified atom stereocenters. The summed E-state index contributed by atoms with van der Waals surface area (Å²) >= 11 is 1.93. The molecule has 15 heavy (non-hydrogen) atoms. The van der Waals surface area contributed by atoms with Crippen molar-refractivity contribution in [3.05, 3.63) is 21.9 Å². The Kier molecular flexibility index (Phi) is 5.34. The van der Waals surface area contributed by atoms with E-state index < -0.39 is 0 Å². The van der Waals surface area contributed by atoms with E-state index in [1.165, 1.54) is 22.6 Å². The van der Waals surface area contributed by atoms with Gasteiger partial charge in [0.15, 0.2) is 0 Å². The predicted octanol–water partition coefficient (Wildman–Crippen LogP) is 3.94. The van der Waals surface area contributed by atoms with E-state index in [1.807, 2.05) is 11.3 Å². The lowest BCUT2D eigenvalue weighted by Crippen LogP contribution is -2.27. The lowest BCUT2D eigenvalue weighted by molar-refractivity contribution is 0.482. The molecule has 1 heterocycles. The monoisotopic (exact) mass is 225 g/mol. The SMILES string of the molecule is CCCNC(C)CC(C)c1ccc(C)s1. The van der Waals surface area contributed by atoms with Crippen LogP contribution in [0.3, 0.4) is 0 Å². The van der Waals surface area contributed by atoms with Gasteiger partial charge in [-0.15, -0.1) is 11.3 Å². The number of aryl methyl sites for hydroxylation is 1. The lowest BCUT2D eigenvalue weighted by atomic mass is 10.0. The number of rotatable bonds is 6. The summed E-state index contributed by atoms with van der Waals surface area (Å²) in [6.07, 6.45) is 2.46. The van der Waals surface area contributed by atoms with Gasteiger partial charge in [-0.05, 0) is 51.3 Å². The average molecular weight is 225 g/mol. The first kappa shape index (κ1) is 12.7. The van der Waals surface area contributed by atoms with E-state index in [-0.39, 0.29) is 0 Å². The molecule has 1 nitrogen and oxygen atoms in total. The fourth-order valence-corrected chi connectivity index (χ4v) is 2.78. The van der Waals surface area contributed by atoms with Gasteiger partial charge in [-0.3, -0.25) is 0 Å². The Morgan fingerprint density at radius 1 is 1.33 bits per heavy atom. The molecule has 0 fully saturated rings. The molecule has 0 aliphatic carbocycles. The van der Waals surface area contributed by atoms with Crippen molar-refractivity contribution in [3.63, 3.8) is 0 Å². The maximum Gasteiger partial charge on any atom is 0.00768 e. The normalized spacial score (nSPS) is 15.2. The second-order valence-corrected chi connectivity index (χ2v) is 5.76. The topological polar surface area (TPSA) is 12.0 Å². The van der Waals surface area contributed by atoms with Crippen LogP contribution in [-0.4, -0.2) is 12.6 Å². The van der Waals surface area contributed by atoms with Gasteiger partial charge in [0.05, 0.1) is 0 Å². The molecule has 0 spiro atoms. The minimum absolute atomic E-state index is 0.627. The molecule has 2 heteroatoms. The van der Waals surface area contributed by atoms with Gasteiger partial charge in [-0.25, -0.2) is 0 Å². The van der Waals surface area contributed by atoms with E-state index in [0.29, 0.717) is 12.0 Å². The van der Waals surface area contributed by atoms with Crippen molar-refractivity contribution in [2.45, 2.75) is 52.5 Å². The van der Waals surface area contributed by atoms with E-state index in [0.717, 1.165) is 6.54 Å². The zero-order chi connectivity index (χ0) is 11.3. The lowest BCUT2D eigenvalue weighted by Gasteiger charge is -2.17. The summed E-state index contributed by atoms with van der Waals surface area (Å²) in [5.41, 5.74) is 0. The van der Waals surface area contributed by atoms with E-state index in [2.05, 4.69) is 45.1 Å². The van der Waals surface area contributed by atoms with Crippen molar-refractivity contribution in [2.75, 3.05) is 6.54 Å². The third-order valence-corrected chi connectivity index (χ3v) is 3.93. The van der Waals surface area contributed by atoms with Gasteiger partial charge in [0.25, 0.3) is 0 Å². The molecule has 0 saturated heterocycles. The Labute approximate surface area is 97.9 Å². The Bertz CT molecular complexity index is 280. The fourth-order valence-electron chi connectivity index (χ4n) is 1.84. The molecule has 0 aliphatic heterocycles. The van der Waals surface area contributed by atoms with Crippen molar-refractivity contribution < 1.29 is 0 Å². The Hall–Kier alpha value is -0.340. The largest absolute Gasteiger partial charge is 0.314 e. The van der Waals surface area contributed by atoms with Crippen LogP contribution in [0, 0.1) is 6.92 Å². The molecule has 0 aliphatic rings. The number of nitrogens with one attached hydrogen (secondary N) is 1. The Balaban J connectivity index is 2.38. The van der Waals surface area contributed by atoms with Crippen LogP contribution >= 0.6 is 11.3 Å². The highest BCUT2D eigenvalue weighted by atomic mass is 32.1. The minimum Gasteiger partial charge on any atom is -0.314 e. The molecule has 0 aromatic carbocycles. The molecule has 1 N–H and O–H groups in total. The summed E-state index contributed by atoms with van der Waals surface area (Å²) in [6.45, 7) is 10.1. The Morgan fingerprint density at radius 2 is 2.07 bits per heavy atom. The number of hydrogen-bond donors (Lipinski definition) is 1.